The van der Waals surface area contributed by atoms with Crippen molar-refractivity contribution in [2.75, 3.05) is 25.1 Å². The van der Waals surface area contributed by atoms with Crippen molar-refractivity contribution in [3.8, 4) is 0 Å². The topological polar surface area (TPSA) is 75.7 Å². The fourth-order valence-corrected chi connectivity index (χ4v) is 3.51. The number of carbonyl (C=O) groups excluding carboxylic acids is 1. The van der Waals surface area contributed by atoms with Gasteiger partial charge in [-0.05, 0) is 40.5 Å². The highest BCUT2D eigenvalue weighted by atomic mass is 32.2. The van der Waals surface area contributed by atoms with E-state index in [2.05, 4.69) is 5.32 Å². The van der Waals surface area contributed by atoms with Gasteiger partial charge >= 0.3 is 6.09 Å². The van der Waals surface area contributed by atoms with E-state index in [1.54, 1.807) is 4.90 Å². The van der Waals surface area contributed by atoms with Crippen LogP contribution in [0.5, 0.6) is 0 Å². The third-order valence-electron chi connectivity index (χ3n) is 3.15. The normalized spacial score (nSPS) is 22.0. The summed E-state index contributed by atoms with van der Waals surface area (Å²) >= 11 is 0. The molecule has 2 unspecified atom stereocenters. The van der Waals surface area contributed by atoms with Gasteiger partial charge in [0, 0.05) is 31.4 Å². The number of nitrogens with zero attached hydrogens (tertiary/aromatic N) is 1. The first-order chi connectivity index (χ1) is 9.46. The van der Waals surface area contributed by atoms with Crippen LogP contribution in [-0.4, -0.2) is 62.2 Å². The minimum atomic E-state index is -3.00. The molecule has 0 spiro atoms. The van der Waals surface area contributed by atoms with Gasteiger partial charge in [0.1, 0.15) is 15.4 Å². The second-order valence-electron chi connectivity index (χ2n) is 6.93. The Morgan fingerprint density at radius 2 is 2.05 bits per heavy atom. The highest BCUT2D eigenvalue weighted by molar-refractivity contribution is 7.90. The second kappa shape index (κ2) is 6.96. The molecule has 1 amide bonds. The third-order valence-corrected chi connectivity index (χ3v) is 4.25. The van der Waals surface area contributed by atoms with E-state index < -0.39 is 15.4 Å². The van der Waals surface area contributed by atoms with E-state index in [1.807, 2.05) is 27.7 Å². The van der Waals surface area contributed by atoms with Gasteiger partial charge in [0.25, 0.3) is 0 Å². The van der Waals surface area contributed by atoms with E-state index in [0.29, 0.717) is 13.1 Å². The van der Waals surface area contributed by atoms with Gasteiger partial charge in [-0.1, -0.05) is 0 Å². The fraction of sp³-hybridized carbons (Fsp3) is 0.929. The molecule has 7 heteroatoms. The molecule has 0 saturated carbocycles. The lowest BCUT2D eigenvalue weighted by Crippen LogP contribution is -2.52. The molecule has 0 aliphatic carbocycles. The molecule has 0 bridgehead atoms. The van der Waals surface area contributed by atoms with Crippen LogP contribution in [0, 0.1) is 0 Å². The van der Waals surface area contributed by atoms with Crippen molar-refractivity contribution in [3.63, 3.8) is 0 Å². The molecule has 1 aliphatic heterocycles. The number of rotatable bonds is 4. The Kier molecular flexibility index (Phi) is 6.04. The predicted octanol–water partition coefficient (Wildman–Crippen LogP) is 1.41. The van der Waals surface area contributed by atoms with Gasteiger partial charge in [-0.3, -0.25) is 0 Å². The highest BCUT2D eigenvalue weighted by Gasteiger charge is 2.28. The molecule has 1 rings (SSSR count). The smallest absolute Gasteiger partial charge is 0.410 e. The highest BCUT2D eigenvalue weighted by Crippen LogP contribution is 2.15. The first-order valence-corrected chi connectivity index (χ1v) is 9.44. The van der Waals surface area contributed by atoms with Gasteiger partial charge < -0.3 is 15.0 Å². The van der Waals surface area contributed by atoms with Crippen LogP contribution in [0.25, 0.3) is 0 Å². The number of hydrogen-bond donors (Lipinski definition) is 1. The Labute approximate surface area is 128 Å². The number of piperidine rings is 1. The van der Waals surface area contributed by atoms with Gasteiger partial charge in [-0.15, -0.1) is 0 Å². The van der Waals surface area contributed by atoms with Crippen LogP contribution in [0.3, 0.4) is 0 Å². The Morgan fingerprint density at radius 1 is 1.43 bits per heavy atom. The third kappa shape index (κ3) is 7.66. The number of likely N-dealkylation sites (tertiary alicyclic amines) is 1. The van der Waals surface area contributed by atoms with Crippen molar-refractivity contribution in [2.24, 2.45) is 0 Å². The van der Waals surface area contributed by atoms with E-state index in [0.717, 1.165) is 12.8 Å². The predicted molar refractivity (Wildman–Crippen MR) is 83.1 cm³/mol. The zero-order chi connectivity index (χ0) is 16.3. The van der Waals surface area contributed by atoms with E-state index in [-0.39, 0.29) is 23.9 Å². The number of hydrogen-bond acceptors (Lipinski definition) is 5. The summed E-state index contributed by atoms with van der Waals surface area (Å²) in [5, 5.41) is 3.29. The minimum absolute atomic E-state index is 0.107. The van der Waals surface area contributed by atoms with Gasteiger partial charge in [-0.25, -0.2) is 13.2 Å². The van der Waals surface area contributed by atoms with E-state index >= 15 is 0 Å². The molecule has 1 saturated heterocycles. The molecular formula is C14H28N2O4S. The number of amides is 1. The van der Waals surface area contributed by atoms with E-state index in [9.17, 15) is 13.2 Å². The maximum Gasteiger partial charge on any atom is 0.410 e. The zero-order valence-corrected chi connectivity index (χ0v) is 14.5. The van der Waals surface area contributed by atoms with Gasteiger partial charge in [0.05, 0.1) is 5.75 Å². The molecule has 6 nitrogen and oxygen atoms in total. The number of ether oxygens (including phenoxy) is 1. The Morgan fingerprint density at radius 3 is 2.57 bits per heavy atom. The van der Waals surface area contributed by atoms with E-state index in [1.165, 1.54) is 6.26 Å². The van der Waals surface area contributed by atoms with Gasteiger partial charge in [-0.2, -0.15) is 0 Å². The van der Waals surface area contributed by atoms with Crippen LogP contribution in [0.1, 0.15) is 40.5 Å². The molecule has 0 aromatic carbocycles. The number of sulfone groups is 1. The van der Waals surface area contributed by atoms with Crippen molar-refractivity contribution >= 4 is 15.9 Å². The first kappa shape index (κ1) is 18.2. The summed E-state index contributed by atoms with van der Waals surface area (Å²) in [6.07, 6.45) is 2.76. The molecule has 0 aromatic heterocycles. The van der Waals surface area contributed by atoms with Crippen molar-refractivity contribution in [1.82, 2.24) is 10.2 Å². The Balaban J connectivity index is 2.50. The van der Waals surface area contributed by atoms with Crippen LogP contribution >= 0.6 is 0 Å². The van der Waals surface area contributed by atoms with Crippen molar-refractivity contribution in [2.45, 2.75) is 58.2 Å². The zero-order valence-electron chi connectivity index (χ0n) is 13.7. The van der Waals surface area contributed by atoms with E-state index in [4.69, 9.17) is 4.74 Å². The lowest BCUT2D eigenvalue weighted by molar-refractivity contribution is 0.0184. The number of carbonyl (C=O) groups is 1. The standard InChI is InChI=1S/C14H28N2O4S/c1-11(10-21(5,18)19)15-12-7-6-8-16(9-12)13(17)20-14(2,3)4/h11-12,15H,6-10H2,1-5H3. The van der Waals surface area contributed by atoms with Crippen molar-refractivity contribution in [1.29, 1.82) is 0 Å². The lowest BCUT2D eigenvalue weighted by Gasteiger charge is -2.35. The molecule has 0 radical (unpaired) electrons. The summed E-state index contributed by atoms with van der Waals surface area (Å²) in [5.74, 6) is 0.107. The molecule has 1 heterocycles. The SMILES string of the molecule is CC(CS(C)(=O)=O)NC1CCCN(C(=O)OC(C)(C)C)C1. The van der Waals surface area contributed by atoms with Crippen LogP contribution in [0.15, 0.2) is 0 Å². The Bertz CT molecular complexity index is 456. The molecule has 124 valence electrons. The average molecular weight is 320 g/mol. The monoisotopic (exact) mass is 320 g/mol. The molecule has 0 aromatic rings. The maximum atomic E-state index is 12.1. The quantitative estimate of drug-likeness (QED) is 0.847. The molecule has 1 fully saturated rings. The summed E-state index contributed by atoms with van der Waals surface area (Å²) in [4.78, 5) is 13.7. The molecule has 2 atom stereocenters. The van der Waals surface area contributed by atoms with Crippen molar-refractivity contribution in [3.05, 3.63) is 0 Å². The fourth-order valence-electron chi connectivity index (χ4n) is 2.51. The number of nitrogens with one attached hydrogen (secondary N) is 1. The summed E-state index contributed by atoms with van der Waals surface area (Å²) in [6.45, 7) is 8.64. The average Bonchev–Trinajstić information content (AvgIpc) is 2.24. The molecule has 1 aliphatic rings. The van der Waals surface area contributed by atoms with Crippen LogP contribution in [0.2, 0.25) is 0 Å². The van der Waals surface area contributed by atoms with Crippen LogP contribution in [0.4, 0.5) is 4.79 Å². The second-order valence-corrected chi connectivity index (χ2v) is 9.11. The van der Waals surface area contributed by atoms with Crippen LogP contribution < -0.4 is 5.32 Å². The summed E-state index contributed by atoms with van der Waals surface area (Å²) in [7, 11) is -3.00. The van der Waals surface area contributed by atoms with Crippen molar-refractivity contribution < 1.29 is 17.9 Å². The summed E-state index contributed by atoms with van der Waals surface area (Å²) < 4.78 is 28.0. The van der Waals surface area contributed by atoms with Crippen LogP contribution in [-0.2, 0) is 14.6 Å². The Hall–Kier alpha value is -0.820. The largest absolute Gasteiger partial charge is 0.444 e. The summed E-state index contributed by atoms with van der Waals surface area (Å²) in [5.41, 5.74) is -0.499. The summed E-state index contributed by atoms with van der Waals surface area (Å²) in [6, 6.07) is -0.00777. The molecule has 1 N–H and O–H groups in total. The first-order valence-electron chi connectivity index (χ1n) is 7.38. The van der Waals surface area contributed by atoms with Gasteiger partial charge in [0.2, 0.25) is 0 Å². The lowest BCUT2D eigenvalue weighted by atomic mass is 10.1. The van der Waals surface area contributed by atoms with Gasteiger partial charge in [0.15, 0.2) is 0 Å². The molecular weight excluding hydrogens is 292 g/mol. The minimum Gasteiger partial charge on any atom is -0.444 e. The molecule has 21 heavy (non-hydrogen) atoms. The maximum absolute atomic E-state index is 12.1.